The van der Waals surface area contributed by atoms with E-state index in [1.54, 1.807) is 60.7 Å². The van der Waals surface area contributed by atoms with Gasteiger partial charge in [-0.15, -0.1) is 0 Å². The van der Waals surface area contributed by atoms with Crippen LogP contribution in [0.25, 0.3) is 28.0 Å². The summed E-state index contributed by atoms with van der Waals surface area (Å²) in [4.78, 5) is 2.93. The first-order valence-corrected chi connectivity index (χ1v) is 12.4. The quantitative estimate of drug-likeness (QED) is 0.314. The molecule has 0 unspecified atom stereocenters. The molecule has 0 spiro atoms. The number of aromatic amines is 1. The van der Waals surface area contributed by atoms with Crippen LogP contribution < -0.4 is 0 Å². The Morgan fingerprint density at radius 1 is 0.771 bits per heavy atom. The zero-order valence-electron chi connectivity index (χ0n) is 18.1. The molecule has 2 aromatic heterocycles. The number of hydrogen-bond acceptors (Lipinski definition) is 5. The van der Waals surface area contributed by atoms with Crippen molar-refractivity contribution in [3.05, 3.63) is 107 Å². The lowest BCUT2D eigenvalue weighted by Gasteiger charge is -2.16. The van der Waals surface area contributed by atoms with Gasteiger partial charge in [0.05, 0.1) is 10.6 Å². The third kappa shape index (κ3) is 3.53. The van der Waals surface area contributed by atoms with Crippen LogP contribution in [0.15, 0.2) is 101 Å². The van der Waals surface area contributed by atoms with Crippen molar-refractivity contribution >= 4 is 27.7 Å². The van der Waals surface area contributed by atoms with E-state index >= 15 is 0 Å². The molecule has 35 heavy (non-hydrogen) atoms. The molecule has 5 aromatic rings. The fourth-order valence-electron chi connectivity index (χ4n) is 4.18. The molecule has 2 heterocycles. The minimum absolute atomic E-state index is 0.0155. The summed E-state index contributed by atoms with van der Waals surface area (Å²) in [5, 5.41) is 20.2. The number of sulfone groups is 1. The van der Waals surface area contributed by atoms with Crippen LogP contribution in [-0.4, -0.2) is 17.8 Å². The Morgan fingerprint density at radius 2 is 1.31 bits per heavy atom. The van der Waals surface area contributed by atoms with Gasteiger partial charge in [-0.2, -0.15) is 10.5 Å². The first-order valence-electron chi connectivity index (χ1n) is 10.5. The smallest absolute Gasteiger partial charge is 0.210 e. The molecule has 0 atom stereocenters. The highest BCUT2D eigenvalue weighted by Crippen LogP contribution is 2.39. The van der Waals surface area contributed by atoms with Crippen LogP contribution in [-0.2, 0) is 9.84 Å². The van der Waals surface area contributed by atoms with E-state index < -0.39 is 9.84 Å². The van der Waals surface area contributed by atoms with E-state index in [0.717, 1.165) is 0 Å². The van der Waals surface area contributed by atoms with Crippen LogP contribution in [0.5, 0.6) is 0 Å². The average molecular weight is 493 g/mol. The molecule has 0 amide bonds. The summed E-state index contributed by atoms with van der Waals surface area (Å²) >= 11 is 5.83. The van der Waals surface area contributed by atoms with Crippen molar-refractivity contribution in [1.29, 1.82) is 10.5 Å². The number of fused-ring (bicyclic) bond motifs is 1. The second-order valence-electron chi connectivity index (χ2n) is 7.69. The fraction of sp³-hybridized carbons (Fsp3) is 0. The molecule has 168 valence electrons. The highest BCUT2D eigenvalue weighted by atomic mass is 32.2. The molecule has 8 heteroatoms. The van der Waals surface area contributed by atoms with E-state index in [0.29, 0.717) is 16.8 Å². The van der Waals surface area contributed by atoms with Gasteiger partial charge in [-0.25, -0.2) is 8.42 Å². The number of imidazole rings is 1. The first kappa shape index (κ1) is 22.3. The lowest BCUT2D eigenvalue weighted by atomic mass is 10.0. The predicted octanol–water partition coefficient (Wildman–Crippen LogP) is 5.91. The van der Waals surface area contributed by atoms with Crippen LogP contribution in [0.3, 0.4) is 0 Å². The first-order chi connectivity index (χ1) is 17.0. The Bertz CT molecular complexity index is 1830. The summed E-state index contributed by atoms with van der Waals surface area (Å²) in [6.07, 6.45) is 0. The second kappa shape index (κ2) is 8.69. The minimum Gasteiger partial charge on any atom is -0.330 e. The summed E-state index contributed by atoms with van der Waals surface area (Å²) in [5.74, 6) is 0. The standard InChI is InChI=1S/C27H16N4O2S2/c28-16-21-23(18-10-4-1-5-11-18)25(35(32,33)20-14-8-3-9-15-20)27(34)31-24(19-12-6-2-7-13-19)22(17-29)30-26(21)31/h1-15,30H. The van der Waals surface area contributed by atoms with Crippen LogP contribution >= 0.6 is 12.2 Å². The van der Waals surface area contributed by atoms with E-state index in [-0.39, 0.29) is 36.9 Å². The molecule has 0 radical (unpaired) electrons. The van der Waals surface area contributed by atoms with E-state index in [4.69, 9.17) is 12.2 Å². The van der Waals surface area contributed by atoms with Gasteiger partial charge in [0.2, 0.25) is 9.84 Å². The molecule has 0 aliphatic rings. The SMILES string of the molecule is N#Cc1[nH]c2c(C#N)c(-c3ccccc3)c(S(=O)(=O)c3ccccc3)c(=S)n2c1-c1ccccc1. The maximum absolute atomic E-state index is 14.0. The molecular weight excluding hydrogens is 476 g/mol. The lowest BCUT2D eigenvalue weighted by molar-refractivity contribution is 0.595. The highest BCUT2D eigenvalue weighted by molar-refractivity contribution is 7.92. The van der Waals surface area contributed by atoms with Crippen LogP contribution in [0, 0.1) is 27.3 Å². The number of hydrogen-bond donors (Lipinski definition) is 1. The van der Waals surface area contributed by atoms with Crippen molar-refractivity contribution in [2.75, 3.05) is 0 Å². The second-order valence-corrected chi connectivity index (χ2v) is 9.96. The Kier molecular flexibility index (Phi) is 5.54. The van der Waals surface area contributed by atoms with Gasteiger partial charge in [-0.3, -0.25) is 4.40 Å². The van der Waals surface area contributed by atoms with Crippen molar-refractivity contribution < 1.29 is 8.42 Å². The van der Waals surface area contributed by atoms with Crippen molar-refractivity contribution in [2.45, 2.75) is 9.79 Å². The maximum Gasteiger partial charge on any atom is 0.210 e. The Labute approximate surface area is 206 Å². The van der Waals surface area contributed by atoms with Crippen molar-refractivity contribution in [3.8, 4) is 34.5 Å². The number of pyridine rings is 1. The number of aromatic nitrogens is 2. The van der Waals surface area contributed by atoms with Gasteiger partial charge in [0.1, 0.15) is 38.6 Å². The molecule has 0 aliphatic carbocycles. The molecule has 0 saturated heterocycles. The van der Waals surface area contributed by atoms with Gasteiger partial charge < -0.3 is 4.98 Å². The van der Waals surface area contributed by atoms with E-state index in [1.807, 2.05) is 18.2 Å². The van der Waals surface area contributed by atoms with E-state index in [9.17, 15) is 18.9 Å². The average Bonchev–Trinajstić information content (AvgIpc) is 3.30. The summed E-state index contributed by atoms with van der Waals surface area (Å²) in [6.45, 7) is 0. The van der Waals surface area contributed by atoms with Gasteiger partial charge in [-0.1, -0.05) is 91.1 Å². The van der Waals surface area contributed by atoms with Crippen molar-refractivity contribution in [1.82, 2.24) is 9.38 Å². The largest absolute Gasteiger partial charge is 0.330 e. The lowest BCUT2D eigenvalue weighted by Crippen LogP contribution is -2.10. The summed E-state index contributed by atoms with van der Waals surface area (Å²) in [5.41, 5.74) is 2.30. The predicted molar refractivity (Wildman–Crippen MR) is 135 cm³/mol. The molecule has 0 bridgehead atoms. The number of nitriles is 2. The third-order valence-electron chi connectivity index (χ3n) is 5.69. The van der Waals surface area contributed by atoms with Gasteiger partial charge in [0.15, 0.2) is 0 Å². The fourth-order valence-corrected chi connectivity index (χ4v) is 6.36. The molecule has 0 fully saturated rings. The molecule has 5 rings (SSSR count). The summed E-state index contributed by atoms with van der Waals surface area (Å²) in [7, 11) is -4.14. The van der Waals surface area contributed by atoms with Crippen LogP contribution in [0.4, 0.5) is 0 Å². The zero-order chi connectivity index (χ0) is 24.6. The van der Waals surface area contributed by atoms with Crippen molar-refractivity contribution in [3.63, 3.8) is 0 Å². The molecule has 6 nitrogen and oxygen atoms in total. The Hall–Kier alpha value is -4.50. The minimum atomic E-state index is -4.14. The molecule has 0 aliphatic heterocycles. The Balaban J connectivity index is 2.05. The monoisotopic (exact) mass is 492 g/mol. The molecule has 3 aromatic carbocycles. The van der Waals surface area contributed by atoms with Gasteiger partial charge in [-0.05, 0) is 17.7 Å². The van der Waals surface area contributed by atoms with E-state index in [2.05, 4.69) is 17.1 Å². The normalized spacial score (nSPS) is 11.1. The number of benzene rings is 3. The summed E-state index contributed by atoms with van der Waals surface area (Å²) in [6, 6.07) is 30.1. The third-order valence-corrected chi connectivity index (χ3v) is 8.04. The number of H-pyrrole nitrogens is 1. The van der Waals surface area contributed by atoms with Gasteiger partial charge in [0, 0.05) is 11.1 Å². The van der Waals surface area contributed by atoms with Crippen LogP contribution in [0.1, 0.15) is 11.3 Å². The van der Waals surface area contributed by atoms with Crippen molar-refractivity contribution in [2.24, 2.45) is 0 Å². The zero-order valence-corrected chi connectivity index (χ0v) is 19.8. The number of nitrogens with one attached hydrogen (secondary N) is 1. The molecule has 0 saturated carbocycles. The summed E-state index contributed by atoms with van der Waals surface area (Å²) < 4.78 is 29.5. The number of rotatable bonds is 4. The van der Waals surface area contributed by atoms with Gasteiger partial charge >= 0.3 is 0 Å². The topological polar surface area (TPSA) is 102 Å². The highest BCUT2D eigenvalue weighted by Gasteiger charge is 2.31. The van der Waals surface area contributed by atoms with Crippen LogP contribution in [0.2, 0.25) is 0 Å². The maximum atomic E-state index is 14.0. The van der Waals surface area contributed by atoms with E-state index in [1.165, 1.54) is 16.5 Å². The molecular formula is C27H16N4O2S2. The number of nitrogens with zero attached hydrogens (tertiary/aromatic N) is 3. The molecule has 1 N–H and O–H groups in total. The Morgan fingerprint density at radius 3 is 1.86 bits per heavy atom. The van der Waals surface area contributed by atoms with Gasteiger partial charge in [0.25, 0.3) is 0 Å².